The van der Waals surface area contributed by atoms with Crippen molar-refractivity contribution in [2.75, 3.05) is 0 Å². The molecule has 8 nitrogen and oxygen atoms in total. The Kier molecular flexibility index (Phi) is 21.3. The lowest BCUT2D eigenvalue weighted by molar-refractivity contribution is 0.296. The molecular formula is C104H124O8. The molecule has 8 aliphatic heterocycles. The van der Waals surface area contributed by atoms with Gasteiger partial charge in [0, 0.05) is 51.4 Å². The zero-order valence-electron chi connectivity index (χ0n) is 71.8. The molecule has 0 unspecified atom stereocenters. The van der Waals surface area contributed by atoms with Crippen LogP contribution >= 0.6 is 0 Å². The number of benzene rings is 10. The van der Waals surface area contributed by atoms with Gasteiger partial charge >= 0.3 is 0 Å². The Labute approximate surface area is 670 Å². The van der Waals surface area contributed by atoms with Crippen molar-refractivity contribution in [3.63, 3.8) is 0 Å². The predicted octanol–water partition coefficient (Wildman–Crippen LogP) is 24.9. The molecule has 24 bridgehead atoms. The van der Waals surface area contributed by atoms with E-state index in [9.17, 15) is 20.4 Å². The van der Waals surface area contributed by atoms with Crippen LogP contribution in [0.2, 0.25) is 0 Å². The average molecular weight is 1500 g/mol. The van der Waals surface area contributed by atoms with Crippen LogP contribution in [0.1, 0.15) is 322 Å². The van der Waals surface area contributed by atoms with E-state index in [2.05, 4.69) is 312 Å². The molecule has 10 aliphatic rings. The van der Waals surface area contributed by atoms with Gasteiger partial charge in [-0.3, -0.25) is 0 Å². The van der Waals surface area contributed by atoms with Crippen LogP contribution in [0.3, 0.4) is 0 Å². The Balaban J connectivity index is 1.06. The monoisotopic (exact) mass is 1500 g/mol. The lowest BCUT2D eigenvalue weighted by Gasteiger charge is -2.28. The smallest absolute Gasteiger partial charge is 0.126 e. The van der Waals surface area contributed by atoms with E-state index in [1.165, 1.54) is 0 Å². The van der Waals surface area contributed by atoms with Crippen molar-refractivity contribution in [1.82, 2.24) is 0 Å². The third kappa shape index (κ3) is 17.5. The van der Waals surface area contributed by atoms with Gasteiger partial charge in [-0.05, 0) is 199 Å². The molecule has 112 heavy (non-hydrogen) atoms. The van der Waals surface area contributed by atoms with Crippen molar-refractivity contribution in [2.45, 2.75) is 287 Å². The molecule has 20 rings (SSSR count). The molecule has 0 aromatic heterocycles. The maximum absolute atomic E-state index is 13.2. The van der Waals surface area contributed by atoms with Gasteiger partial charge in [-0.15, -0.1) is 0 Å². The normalized spacial score (nSPS) is 14.8. The first kappa shape index (κ1) is 80.6. The van der Waals surface area contributed by atoms with Crippen molar-refractivity contribution in [2.24, 2.45) is 0 Å². The van der Waals surface area contributed by atoms with Gasteiger partial charge in [-0.1, -0.05) is 312 Å². The van der Waals surface area contributed by atoms with E-state index >= 15 is 0 Å². The Hall–Kier alpha value is -9.40. The summed E-state index contributed by atoms with van der Waals surface area (Å²) >= 11 is 0. The first-order valence-electron chi connectivity index (χ1n) is 40.8. The van der Waals surface area contributed by atoms with Crippen molar-refractivity contribution in [1.29, 1.82) is 0 Å². The standard InChI is InChI=1S/C104H124O8/c1-97(2,3)81-41-65-33-73-49-85(101(13,14)15)51-75-35-67-43-82(98(4,5)6)44-68(90(67)106)36-76-52-86(102(16,17)18)50-74(34-66(42-81)89(65)105)94(76)110-58-62-27-31-64(32-28-62)60-112-96-78-38-70-46-83(99(7,8)9)45-69(91(70)107)37-77-53-87(103(19,20)21)55-79(95(77)111-59-63-29-25-61(26-30-63)57-109-93(73)75)39-71-47-84(100(10,11)12)48-72(92(71)108)40-80(96)56-88(54-78)104(22,23)24/h25-32,41-56,105-108H,33-40,57-60H2,1-24H3. The van der Waals surface area contributed by atoms with E-state index in [4.69, 9.17) is 18.9 Å². The summed E-state index contributed by atoms with van der Waals surface area (Å²) in [4.78, 5) is 0. The van der Waals surface area contributed by atoms with Gasteiger partial charge in [0.15, 0.2) is 0 Å². The van der Waals surface area contributed by atoms with E-state index in [1.54, 1.807) is 0 Å². The molecule has 0 saturated heterocycles. The number of fused-ring (bicyclic) bond motifs is 2. The summed E-state index contributed by atoms with van der Waals surface area (Å²) in [6, 6.07) is 53.0. The number of phenolic OH excluding ortho intramolecular Hbond substituents is 4. The quantitative estimate of drug-likeness (QED) is 0.119. The van der Waals surface area contributed by atoms with E-state index in [0.29, 0.717) is 51.4 Å². The highest BCUT2D eigenvalue weighted by Gasteiger charge is 2.33. The van der Waals surface area contributed by atoms with Crippen molar-refractivity contribution < 1.29 is 39.4 Å². The zero-order chi connectivity index (χ0) is 81.1. The predicted molar refractivity (Wildman–Crippen MR) is 460 cm³/mol. The third-order valence-corrected chi connectivity index (χ3v) is 23.6. The molecular weight excluding hydrogens is 1380 g/mol. The van der Waals surface area contributed by atoms with Crippen LogP contribution in [0, 0.1) is 0 Å². The van der Waals surface area contributed by atoms with Gasteiger partial charge in [-0.25, -0.2) is 0 Å². The van der Waals surface area contributed by atoms with Gasteiger partial charge in [0.1, 0.15) is 72.4 Å². The van der Waals surface area contributed by atoms with Gasteiger partial charge in [0.2, 0.25) is 0 Å². The number of hydrogen-bond donors (Lipinski definition) is 4. The maximum Gasteiger partial charge on any atom is 0.126 e. The summed E-state index contributed by atoms with van der Waals surface area (Å²) in [6.07, 6.45) is 3.00. The molecule has 4 N–H and O–H groups in total. The van der Waals surface area contributed by atoms with Gasteiger partial charge in [0.25, 0.3) is 0 Å². The summed E-state index contributed by atoms with van der Waals surface area (Å²) in [6.45, 7) is 54.9. The van der Waals surface area contributed by atoms with Crippen LogP contribution in [-0.4, -0.2) is 20.4 Å². The first-order chi connectivity index (χ1) is 52.1. The first-order valence-corrected chi connectivity index (χ1v) is 40.8. The molecule has 0 spiro atoms. The van der Waals surface area contributed by atoms with Crippen molar-refractivity contribution in [3.05, 3.63) is 301 Å². The van der Waals surface area contributed by atoms with Crippen molar-refractivity contribution in [3.8, 4) is 46.0 Å². The van der Waals surface area contributed by atoms with E-state index in [1.807, 2.05) is 0 Å². The lowest BCUT2D eigenvalue weighted by atomic mass is 9.79. The molecule has 2 aliphatic carbocycles. The second kappa shape index (κ2) is 29.5. The molecule has 588 valence electrons. The van der Waals surface area contributed by atoms with Crippen LogP contribution < -0.4 is 18.9 Å². The molecule has 8 heterocycles. The number of hydrogen-bond acceptors (Lipinski definition) is 8. The minimum absolute atomic E-state index is 0.240. The largest absolute Gasteiger partial charge is 0.507 e. The second-order valence-electron chi connectivity index (χ2n) is 41.3. The Morgan fingerprint density at radius 3 is 0.393 bits per heavy atom. The molecule has 0 amide bonds. The Morgan fingerprint density at radius 1 is 0.179 bits per heavy atom. The van der Waals surface area contributed by atoms with Crippen LogP contribution in [-0.2, 0) is 121 Å². The highest BCUT2D eigenvalue weighted by atomic mass is 16.5. The van der Waals surface area contributed by atoms with E-state index < -0.39 is 0 Å². The number of aromatic hydroxyl groups is 4. The second-order valence-corrected chi connectivity index (χ2v) is 41.3. The number of rotatable bonds is 0. The molecule has 10 aromatic rings. The summed E-state index contributed by atoms with van der Waals surface area (Å²) in [5, 5.41) is 52.9. The topological polar surface area (TPSA) is 118 Å². The lowest BCUT2D eigenvalue weighted by Crippen LogP contribution is -2.17. The van der Waals surface area contributed by atoms with Crippen LogP contribution in [0.4, 0.5) is 0 Å². The summed E-state index contributed by atoms with van der Waals surface area (Å²) in [5.74, 6) is 3.92. The fraction of sp³-hybridized carbons (Fsp3) is 0.423. The molecule has 0 atom stereocenters. The van der Waals surface area contributed by atoms with Gasteiger partial charge < -0.3 is 39.4 Å². The molecule has 10 aromatic carbocycles. The molecule has 0 saturated carbocycles. The minimum Gasteiger partial charge on any atom is -0.507 e. The number of phenols is 4. The molecule has 0 radical (unpaired) electrons. The molecule has 8 heteroatoms. The van der Waals surface area contributed by atoms with E-state index in [0.717, 1.165) is 179 Å². The van der Waals surface area contributed by atoms with Crippen LogP contribution in [0.15, 0.2) is 146 Å². The summed E-state index contributed by atoms with van der Waals surface area (Å²) in [5.41, 5.74) is 24.6. The summed E-state index contributed by atoms with van der Waals surface area (Å²) < 4.78 is 29.6. The number of ether oxygens (including phenoxy) is 4. The maximum atomic E-state index is 13.2. The van der Waals surface area contributed by atoms with E-state index in [-0.39, 0.29) is 92.7 Å². The Bertz CT molecular complexity index is 4400. The fourth-order valence-electron chi connectivity index (χ4n) is 16.1. The average Bonchev–Trinajstić information content (AvgIpc) is 0.764. The zero-order valence-corrected chi connectivity index (χ0v) is 71.8. The minimum atomic E-state index is -0.280. The summed E-state index contributed by atoms with van der Waals surface area (Å²) in [7, 11) is 0. The van der Waals surface area contributed by atoms with Crippen LogP contribution in [0.5, 0.6) is 46.0 Å². The van der Waals surface area contributed by atoms with Crippen molar-refractivity contribution >= 4 is 0 Å². The fourth-order valence-corrected chi connectivity index (χ4v) is 16.1. The third-order valence-electron chi connectivity index (χ3n) is 23.6. The highest BCUT2D eigenvalue weighted by Crippen LogP contribution is 2.49. The highest BCUT2D eigenvalue weighted by molar-refractivity contribution is 5.63. The Morgan fingerprint density at radius 2 is 0.286 bits per heavy atom. The SMILES string of the molecule is CC(C)(C)c1cc2c(O)c(c1)Cc1cc(C(C)(C)C)cc3c1OCc1ccc(cc1)COc1c4cc(C(C)(C)C)cc1Cc1cc(C(C)(C)C)cc(c1O)Cc1cc(C(C)(C)C)cc(c1OCc1ccc(cc1)COc1c(cc(C(C)(C)C)cc1Cc1cc(C(C)(C)C)cc(c1O)C3)C2)Cc1cc(C(C)(C)C)cc(c1O)C4. The van der Waals surface area contributed by atoms with Gasteiger partial charge in [0.05, 0.1) is 0 Å². The molecule has 0 fully saturated rings. The van der Waals surface area contributed by atoms with Gasteiger partial charge in [-0.2, -0.15) is 0 Å². The van der Waals surface area contributed by atoms with Crippen LogP contribution in [0.25, 0.3) is 0 Å².